The molecule has 1 aromatic rings. The fourth-order valence-corrected chi connectivity index (χ4v) is 4.80. The van der Waals surface area contributed by atoms with Crippen LogP contribution >= 0.6 is 34.2 Å². The minimum atomic E-state index is 0.113. The number of nitrogens with one attached hydrogen (secondary N) is 1. The van der Waals surface area contributed by atoms with E-state index in [4.69, 9.17) is 22.2 Å². The van der Waals surface area contributed by atoms with Crippen LogP contribution < -0.4 is 11.3 Å². The summed E-state index contributed by atoms with van der Waals surface area (Å²) in [6.07, 6.45) is 7.15. The van der Waals surface area contributed by atoms with Gasteiger partial charge in [0.05, 0.1) is 11.6 Å². The molecule has 1 aliphatic heterocycles. The molecule has 1 heterocycles. The number of ether oxygens (including phenoxy) is 1. The van der Waals surface area contributed by atoms with Gasteiger partial charge in [0.1, 0.15) is 0 Å². The van der Waals surface area contributed by atoms with Crippen molar-refractivity contribution in [3.8, 4) is 0 Å². The molecule has 2 unspecified atom stereocenters. The Morgan fingerprint density at radius 2 is 2.14 bits per heavy atom. The summed E-state index contributed by atoms with van der Waals surface area (Å²) in [5.74, 6) is 6.41. The first-order valence-corrected chi connectivity index (χ1v) is 9.14. The highest BCUT2D eigenvalue weighted by Crippen LogP contribution is 2.45. The Hall–Kier alpha value is 0.120. The SMILES string of the molecule is NNC(c1cc(Cl)ccc1I)C1CCOC2(CCCC2)C1. The van der Waals surface area contributed by atoms with Gasteiger partial charge in [-0.1, -0.05) is 24.4 Å². The number of hydrogen-bond donors (Lipinski definition) is 2. The predicted octanol–water partition coefficient (Wildman–Crippen LogP) is 4.19. The number of hydrazine groups is 1. The molecule has 1 aliphatic carbocycles. The van der Waals surface area contributed by atoms with Crippen LogP contribution in [0.5, 0.6) is 0 Å². The Morgan fingerprint density at radius 3 is 2.86 bits per heavy atom. The zero-order chi connectivity index (χ0) is 14.9. The first kappa shape index (κ1) is 16.0. The molecule has 2 fully saturated rings. The van der Waals surface area contributed by atoms with Crippen molar-refractivity contribution in [2.24, 2.45) is 11.8 Å². The van der Waals surface area contributed by atoms with Crippen LogP contribution in [0.15, 0.2) is 18.2 Å². The Bertz CT molecular complexity index is 505. The van der Waals surface area contributed by atoms with Crippen molar-refractivity contribution in [1.82, 2.24) is 5.43 Å². The van der Waals surface area contributed by atoms with E-state index in [0.717, 1.165) is 24.5 Å². The van der Waals surface area contributed by atoms with Crippen LogP contribution in [0.4, 0.5) is 0 Å². The molecule has 2 aliphatic rings. The topological polar surface area (TPSA) is 47.3 Å². The third-order valence-corrected chi connectivity index (χ3v) is 6.21. The summed E-state index contributed by atoms with van der Waals surface area (Å²) in [6, 6.07) is 6.19. The van der Waals surface area contributed by atoms with Gasteiger partial charge in [0.2, 0.25) is 0 Å². The summed E-state index contributed by atoms with van der Waals surface area (Å²) in [5, 5.41) is 0.772. The van der Waals surface area contributed by atoms with Crippen molar-refractivity contribution < 1.29 is 4.74 Å². The second-order valence-electron chi connectivity index (χ2n) is 6.30. The summed E-state index contributed by atoms with van der Waals surface area (Å²) in [4.78, 5) is 0. The molecule has 5 heteroatoms. The molecule has 0 amide bonds. The molecule has 1 saturated carbocycles. The molecule has 0 bridgehead atoms. The molecule has 0 radical (unpaired) electrons. The van der Waals surface area contributed by atoms with Crippen molar-refractivity contribution in [2.45, 2.75) is 50.2 Å². The van der Waals surface area contributed by atoms with Crippen molar-refractivity contribution in [1.29, 1.82) is 0 Å². The fraction of sp³-hybridized carbons (Fsp3) is 0.625. The normalized spacial score (nSPS) is 26.1. The van der Waals surface area contributed by atoms with E-state index in [9.17, 15) is 0 Å². The van der Waals surface area contributed by atoms with Gasteiger partial charge >= 0.3 is 0 Å². The van der Waals surface area contributed by atoms with Gasteiger partial charge in [-0.15, -0.1) is 0 Å². The lowest BCUT2D eigenvalue weighted by molar-refractivity contribution is -0.0982. The van der Waals surface area contributed by atoms with E-state index in [1.165, 1.54) is 34.8 Å². The Balaban J connectivity index is 1.84. The Labute approximate surface area is 145 Å². The van der Waals surface area contributed by atoms with Crippen molar-refractivity contribution in [3.63, 3.8) is 0 Å². The molecule has 1 spiro atoms. The number of rotatable bonds is 3. The standard InChI is InChI=1S/C16H22ClIN2O/c17-12-3-4-14(18)13(9-12)15(20-19)11-5-8-21-16(10-11)6-1-2-7-16/h3-4,9,11,15,20H,1-2,5-8,10,19H2. The molecule has 0 aromatic heterocycles. The molecule has 3 N–H and O–H groups in total. The van der Waals surface area contributed by atoms with Crippen LogP contribution in [0, 0.1) is 9.49 Å². The molecule has 21 heavy (non-hydrogen) atoms. The maximum absolute atomic E-state index is 6.18. The number of benzene rings is 1. The highest BCUT2D eigenvalue weighted by Gasteiger charge is 2.42. The summed E-state index contributed by atoms with van der Waals surface area (Å²) < 4.78 is 7.36. The van der Waals surface area contributed by atoms with Gasteiger partial charge in [-0.05, 0) is 78.0 Å². The van der Waals surface area contributed by atoms with E-state index in [-0.39, 0.29) is 11.6 Å². The van der Waals surface area contributed by atoms with E-state index in [0.29, 0.717) is 5.92 Å². The summed E-state index contributed by atoms with van der Waals surface area (Å²) >= 11 is 8.55. The van der Waals surface area contributed by atoms with Gasteiger partial charge in [0.15, 0.2) is 0 Å². The van der Waals surface area contributed by atoms with Crippen LogP contribution in [-0.2, 0) is 4.74 Å². The highest BCUT2D eigenvalue weighted by atomic mass is 127. The largest absolute Gasteiger partial charge is 0.375 e. The number of halogens is 2. The molecule has 3 rings (SSSR count). The van der Waals surface area contributed by atoms with Crippen molar-refractivity contribution >= 4 is 34.2 Å². The average molecular weight is 421 g/mol. The lowest BCUT2D eigenvalue weighted by Gasteiger charge is -2.41. The maximum Gasteiger partial charge on any atom is 0.0686 e. The molecular formula is C16H22ClIN2O. The number of nitrogens with two attached hydrogens (primary N) is 1. The molecule has 2 atom stereocenters. The number of hydrogen-bond acceptors (Lipinski definition) is 3. The summed E-state index contributed by atoms with van der Waals surface area (Å²) in [7, 11) is 0. The smallest absolute Gasteiger partial charge is 0.0686 e. The predicted molar refractivity (Wildman–Crippen MR) is 94.1 cm³/mol. The van der Waals surface area contributed by atoms with Crippen LogP contribution in [0.1, 0.15) is 50.1 Å². The van der Waals surface area contributed by atoms with E-state index in [1.807, 2.05) is 12.1 Å². The minimum Gasteiger partial charge on any atom is -0.375 e. The second-order valence-corrected chi connectivity index (χ2v) is 7.90. The van der Waals surface area contributed by atoms with Crippen molar-refractivity contribution in [2.75, 3.05) is 6.61 Å². The van der Waals surface area contributed by atoms with Crippen LogP contribution in [-0.4, -0.2) is 12.2 Å². The lowest BCUT2D eigenvalue weighted by atomic mass is 9.79. The van der Waals surface area contributed by atoms with Gasteiger partial charge in [0.25, 0.3) is 0 Å². The first-order valence-electron chi connectivity index (χ1n) is 7.69. The van der Waals surface area contributed by atoms with Gasteiger partial charge < -0.3 is 4.74 Å². The Kier molecular flexibility index (Phi) is 5.11. The lowest BCUT2D eigenvalue weighted by Crippen LogP contribution is -2.43. The maximum atomic E-state index is 6.18. The molecule has 116 valence electrons. The summed E-state index contributed by atoms with van der Waals surface area (Å²) in [6.45, 7) is 0.847. The van der Waals surface area contributed by atoms with E-state index in [1.54, 1.807) is 0 Å². The van der Waals surface area contributed by atoms with Gasteiger partial charge in [-0.3, -0.25) is 11.3 Å². The zero-order valence-electron chi connectivity index (χ0n) is 12.1. The molecule has 1 saturated heterocycles. The first-order chi connectivity index (χ1) is 10.1. The van der Waals surface area contributed by atoms with Crippen LogP contribution in [0.2, 0.25) is 5.02 Å². The zero-order valence-corrected chi connectivity index (χ0v) is 15.0. The van der Waals surface area contributed by atoms with Crippen molar-refractivity contribution in [3.05, 3.63) is 32.4 Å². The second kappa shape index (κ2) is 6.71. The van der Waals surface area contributed by atoms with Crippen LogP contribution in [0.3, 0.4) is 0 Å². The Morgan fingerprint density at radius 1 is 1.38 bits per heavy atom. The molecule has 1 aromatic carbocycles. The van der Waals surface area contributed by atoms with Gasteiger partial charge in [0, 0.05) is 15.2 Å². The fourth-order valence-electron chi connectivity index (χ4n) is 3.95. The molecule has 3 nitrogen and oxygen atoms in total. The average Bonchev–Trinajstić information content (AvgIpc) is 2.91. The third kappa shape index (κ3) is 3.39. The van der Waals surface area contributed by atoms with E-state index >= 15 is 0 Å². The quantitative estimate of drug-likeness (QED) is 0.438. The third-order valence-electron chi connectivity index (χ3n) is 4.99. The summed E-state index contributed by atoms with van der Waals surface area (Å²) in [5.41, 5.74) is 4.37. The monoisotopic (exact) mass is 420 g/mol. The minimum absolute atomic E-state index is 0.113. The van der Waals surface area contributed by atoms with E-state index < -0.39 is 0 Å². The van der Waals surface area contributed by atoms with Gasteiger partial charge in [-0.25, -0.2) is 0 Å². The highest BCUT2D eigenvalue weighted by molar-refractivity contribution is 14.1. The molecular weight excluding hydrogens is 399 g/mol. The van der Waals surface area contributed by atoms with E-state index in [2.05, 4.69) is 34.1 Å². The van der Waals surface area contributed by atoms with Crippen LogP contribution in [0.25, 0.3) is 0 Å². The van der Waals surface area contributed by atoms with Gasteiger partial charge in [-0.2, -0.15) is 0 Å².